The molecule has 3 unspecified atom stereocenters. The average molecular weight is 157 g/mol. The molecule has 0 saturated carbocycles. The Morgan fingerprint density at radius 1 is 1.55 bits per heavy atom. The molecule has 1 aliphatic rings. The molecule has 0 spiro atoms. The maximum atomic E-state index is 10.7. The lowest BCUT2D eigenvalue weighted by atomic mass is 9.93. The lowest BCUT2D eigenvalue weighted by Crippen LogP contribution is -2.30. The number of carboxylic acids is 1. The highest BCUT2D eigenvalue weighted by Gasteiger charge is 2.39. The van der Waals surface area contributed by atoms with Gasteiger partial charge in [0.2, 0.25) is 0 Å². The quantitative estimate of drug-likeness (QED) is 0.607. The van der Waals surface area contributed by atoms with Gasteiger partial charge >= 0.3 is 5.97 Å². The Hall–Kier alpha value is -0.570. The normalized spacial score (nSPS) is 39.4. The molecule has 64 valence electrons. The molecule has 1 rings (SSSR count). The maximum absolute atomic E-state index is 10.7. The Kier molecular flexibility index (Phi) is 2.18. The van der Waals surface area contributed by atoms with Crippen LogP contribution in [0.25, 0.3) is 0 Å². The van der Waals surface area contributed by atoms with Gasteiger partial charge in [-0.1, -0.05) is 6.92 Å². The van der Waals surface area contributed by atoms with Crippen molar-refractivity contribution in [1.82, 2.24) is 4.90 Å². The third kappa shape index (κ3) is 1.38. The molecule has 0 bridgehead atoms. The zero-order valence-corrected chi connectivity index (χ0v) is 7.24. The van der Waals surface area contributed by atoms with E-state index in [-0.39, 0.29) is 17.9 Å². The Morgan fingerprint density at radius 2 is 2.09 bits per heavy atom. The lowest BCUT2D eigenvalue weighted by molar-refractivity contribution is -0.143. The first kappa shape index (κ1) is 8.53. The van der Waals surface area contributed by atoms with E-state index in [4.69, 9.17) is 5.11 Å². The number of hydrogen-bond donors (Lipinski definition) is 1. The first-order valence-corrected chi connectivity index (χ1v) is 3.97. The minimum absolute atomic E-state index is 0.181. The minimum atomic E-state index is -0.658. The van der Waals surface area contributed by atoms with E-state index in [0.717, 1.165) is 6.54 Å². The molecule has 3 atom stereocenters. The fraction of sp³-hybridized carbons (Fsp3) is 0.875. The molecular formula is C8H15NO2. The molecule has 1 aliphatic heterocycles. The summed E-state index contributed by atoms with van der Waals surface area (Å²) in [5, 5.41) is 8.85. The number of aliphatic carboxylic acids is 1. The summed E-state index contributed by atoms with van der Waals surface area (Å²) in [5.41, 5.74) is 0. The van der Waals surface area contributed by atoms with E-state index in [0.29, 0.717) is 0 Å². The fourth-order valence-corrected chi connectivity index (χ4v) is 1.93. The summed E-state index contributed by atoms with van der Waals surface area (Å²) in [7, 11) is 1.98. The molecule has 0 amide bonds. The van der Waals surface area contributed by atoms with Crippen molar-refractivity contribution in [2.75, 3.05) is 13.6 Å². The van der Waals surface area contributed by atoms with Crippen molar-refractivity contribution >= 4 is 5.97 Å². The molecule has 1 fully saturated rings. The van der Waals surface area contributed by atoms with Crippen LogP contribution in [0.1, 0.15) is 13.8 Å². The van der Waals surface area contributed by atoms with Gasteiger partial charge in [-0.3, -0.25) is 4.79 Å². The van der Waals surface area contributed by atoms with E-state index in [1.165, 1.54) is 0 Å². The third-order valence-corrected chi connectivity index (χ3v) is 2.69. The zero-order valence-electron chi connectivity index (χ0n) is 7.24. The lowest BCUT2D eigenvalue weighted by Gasteiger charge is -2.17. The van der Waals surface area contributed by atoms with Crippen LogP contribution in [0.2, 0.25) is 0 Å². The van der Waals surface area contributed by atoms with Crippen LogP contribution in [-0.2, 0) is 4.79 Å². The van der Waals surface area contributed by atoms with Gasteiger partial charge in [0.05, 0.1) is 5.92 Å². The first-order valence-electron chi connectivity index (χ1n) is 3.97. The highest BCUT2D eigenvalue weighted by atomic mass is 16.4. The minimum Gasteiger partial charge on any atom is -0.481 e. The molecule has 1 N–H and O–H groups in total. The number of carbonyl (C=O) groups is 1. The Morgan fingerprint density at radius 3 is 2.27 bits per heavy atom. The summed E-state index contributed by atoms with van der Waals surface area (Å²) in [6.07, 6.45) is 0. The monoisotopic (exact) mass is 157 g/mol. The molecule has 3 nitrogen and oxygen atoms in total. The number of carboxylic acid groups (broad SMARTS) is 1. The second-order valence-electron chi connectivity index (χ2n) is 3.52. The van der Waals surface area contributed by atoms with Crippen molar-refractivity contribution in [1.29, 1.82) is 0 Å². The molecule has 3 heteroatoms. The van der Waals surface area contributed by atoms with Crippen LogP contribution in [0, 0.1) is 11.8 Å². The van der Waals surface area contributed by atoms with Crippen LogP contribution >= 0.6 is 0 Å². The number of rotatable bonds is 1. The van der Waals surface area contributed by atoms with E-state index in [1.54, 1.807) is 0 Å². The molecular weight excluding hydrogens is 142 g/mol. The Bertz CT molecular complexity index is 169. The fourth-order valence-electron chi connectivity index (χ4n) is 1.93. The van der Waals surface area contributed by atoms with Crippen LogP contribution < -0.4 is 0 Å². The molecule has 0 aliphatic carbocycles. The molecule has 1 saturated heterocycles. The van der Waals surface area contributed by atoms with Crippen LogP contribution in [0.3, 0.4) is 0 Å². The van der Waals surface area contributed by atoms with E-state index >= 15 is 0 Å². The van der Waals surface area contributed by atoms with Crippen LogP contribution in [0.4, 0.5) is 0 Å². The topological polar surface area (TPSA) is 40.5 Å². The predicted molar refractivity (Wildman–Crippen MR) is 42.4 cm³/mol. The van der Waals surface area contributed by atoms with Crippen molar-refractivity contribution in [3.05, 3.63) is 0 Å². The molecule has 0 aromatic rings. The van der Waals surface area contributed by atoms with Gasteiger partial charge in [-0.05, 0) is 19.9 Å². The van der Waals surface area contributed by atoms with E-state index in [9.17, 15) is 4.79 Å². The standard InChI is InChI=1S/C8H15NO2/c1-5-4-9(3)6(2)7(5)8(10)11/h5-7H,4H2,1-3H3,(H,10,11). The van der Waals surface area contributed by atoms with Crippen molar-refractivity contribution < 1.29 is 9.90 Å². The number of hydrogen-bond acceptors (Lipinski definition) is 2. The summed E-state index contributed by atoms with van der Waals surface area (Å²) < 4.78 is 0. The van der Waals surface area contributed by atoms with Crippen molar-refractivity contribution in [2.24, 2.45) is 11.8 Å². The van der Waals surface area contributed by atoms with Gasteiger partial charge in [0, 0.05) is 12.6 Å². The first-order chi connectivity index (χ1) is 5.04. The van der Waals surface area contributed by atoms with Gasteiger partial charge in [-0.25, -0.2) is 0 Å². The molecule has 0 aromatic heterocycles. The summed E-state index contributed by atoms with van der Waals surface area (Å²) in [5.74, 6) is -0.554. The predicted octanol–water partition coefficient (Wildman–Crippen LogP) is 0.657. The largest absolute Gasteiger partial charge is 0.481 e. The summed E-state index contributed by atoms with van der Waals surface area (Å²) >= 11 is 0. The van der Waals surface area contributed by atoms with Gasteiger partial charge in [-0.15, -0.1) is 0 Å². The highest BCUT2D eigenvalue weighted by Crippen LogP contribution is 2.27. The summed E-state index contributed by atoms with van der Waals surface area (Å²) in [6, 6.07) is 0.183. The van der Waals surface area contributed by atoms with Crippen LogP contribution in [-0.4, -0.2) is 35.6 Å². The highest BCUT2D eigenvalue weighted by molar-refractivity contribution is 5.71. The number of likely N-dealkylation sites (tertiary alicyclic amines) is 1. The van der Waals surface area contributed by atoms with E-state index in [2.05, 4.69) is 4.90 Å². The third-order valence-electron chi connectivity index (χ3n) is 2.69. The van der Waals surface area contributed by atoms with Gasteiger partial charge in [-0.2, -0.15) is 0 Å². The average Bonchev–Trinajstić information content (AvgIpc) is 2.07. The Balaban J connectivity index is 2.71. The summed E-state index contributed by atoms with van der Waals surface area (Å²) in [6.45, 7) is 4.87. The number of nitrogens with zero attached hydrogens (tertiary/aromatic N) is 1. The van der Waals surface area contributed by atoms with Gasteiger partial charge in [0.15, 0.2) is 0 Å². The van der Waals surface area contributed by atoms with Gasteiger partial charge in [0.25, 0.3) is 0 Å². The van der Waals surface area contributed by atoms with Crippen molar-refractivity contribution in [2.45, 2.75) is 19.9 Å². The molecule has 1 heterocycles. The zero-order chi connectivity index (χ0) is 8.59. The second kappa shape index (κ2) is 2.81. The molecule has 0 aromatic carbocycles. The van der Waals surface area contributed by atoms with Crippen molar-refractivity contribution in [3.63, 3.8) is 0 Å². The van der Waals surface area contributed by atoms with Crippen LogP contribution in [0.15, 0.2) is 0 Å². The van der Waals surface area contributed by atoms with Crippen LogP contribution in [0.5, 0.6) is 0 Å². The molecule has 11 heavy (non-hydrogen) atoms. The second-order valence-corrected chi connectivity index (χ2v) is 3.52. The smallest absolute Gasteiger partial charge is 0.308 e. The van der Waals surface area contributed by atoms with Crippen molar-refractivity contribution in [3.8, 4) is 0 Å². The Labute approximate surface area is 67.0 Å². The van der Waals surface area contributed by atoms with E-state index < -0.39 is 5.97 Å². The van der Waals surface area contributed by atoms with Gasteiger partial charge in [0.1, 0.15) is 0 Å². The summed E-state index contributed by atoms with van der Waals surface area (Å²) in [4.78, 5) is 12.8. The van der Waals surface area contributed by atoms with Gasteiger partial charge < -0.3 is 10.0 Å². The SMILES string of the molecule is CC1CN(C)C(C)C1C(=O)O. The molecule has 0 radical (unpaired) electrons. The maximum Gasteiger partial charge on any atom is 0.308 e. The van der Waals surface area contributed by atoms with E-state index in [1.807, 2.05) is 20.9 Å².